The summed E-state index contributed by atoms with van der Waals surface area (Å²) in [5, 5.41) is 6.39. The van der Waals surface area contributed by atoms with E-state index in [-0.39, 0.29) is 5.03 Å². The predicted octanol–water partition coefficient (Wildman–Crippen LogP) is 1.16. The van der Waals surface area contributed by atoms with Crippen LogP contribution >= 0.6 is 0 Å². The van der Waals surface area contributed by atoms with Crippen LogP contribution in [0, 0.1) is 0 Å². The lowest BCUT2D eigenvalue weighted by molar-refractivity contribution is 0.328. The van der Waals surface area contributed by atoms with Crippen LogP contribution < -0.4 is 0 Å². The van der Waals surface area contributed by atoms with Crippen LogP contribution in [0.1, 0.15) is 5.56 Å². The lowest BCUT2D eigenvalue weighted by Gasteiger charge is -2.23. The summed E-state index contributed by atoms with van der Waals surface area (Å²) in [5.41, 5.74) is 0.958. The first-order valence-corrected chi connectivity index (χ1v) is 8.12. The molecule has 0 aliphatic carbocycles. The number of rotatable bonds is 7. The Balaban J connectivity index is 2.23. The molecule has 1 aromatic heterocycles. The minimum Gasteiger partial charge on any atom is -0.308 e. The molecule has 0 atom stereocenters. The zero-order valence-electron chi connectivity index (χ0n) is 12.2. The van der Waals surface area contributed by atoms with E-state index in [0.29, 0.717) is 19.6 Å². The smallest absolute Gasteiger partial charge is 0.260 e. The normalized spacial score (nSPS) is 12.2. The van der Waals surface area contributed by atoms with Crippen LogP contribution in [-0.2, 0) is 16.6 Å². The molecule has 0 amide bonds. The molecular weight excluding hydrogens is 288 g/mol. The van der Waals surface area contributed by atoms with Crippen LogP contribution in [0.15, 0.2) is 47.6 Å². The molecule has 0 aliphatic heterocycles. The lowest BCUT2D eigenvalue weighted by Crippen LogP contribution is -2.36. The molecule has 0 unspecified atom stereocenters. The van der Waals surface area contributed by atoms with Crippen LogP contribution in [0.4, 0.5) is 0 Å². The Labute approximate surface area is 125 Å². The van der Waals surface area contributed by atoms with Crippen molar-refractivity contribution in [3.63, 3.8) is 0 Å². The number of H-pyrrole nitrogens is 1. The highest BCUT2D eigenvalue weighted by Gasteiger charge is 2.25. The minimum absolute atomic E-state index is 0.122. The Morgan fingerprint density at radius 1 is 1.10 bits per heavy atom. The number of sulfonamides is 1. The summed E-state index contributed by atoms with van der Waals surface area (Å²) in [6, 6.07) is 11.0. The van der Waals surface area contributed by atoms with E-state index in [9.17, 15) is 8.42 Å². The zero-order valence-corrected chi connectivity index (χ0v) is 13.0. The summed E-state index contributed by atoms with van der Waals surface area (Å²) in [5.74, 6) is 0. The maximum Gasteiger partial charge on any atom is 0.260 e. The number of hydrogen-bond acceptors (Lipinski definition) is 4. The van der Waals surface area contributed by atoms with Crippen molar-refractivity contribution in [3.05, 3.63) is 48.2 Å². The van der Waals surface area contributed by atoms with Gasteiger partial charge < -0.3 is 4.90 Å². The summed E-state index contributed by atoms with van der Waals surface area (Å²) in [4.78, 5) is 1.96. The van der Waals surface area contributed by atoms with E-state index in [1.54, 1.807) is 0 Å². The molecule has 1 heterocycles. The summed E-state index contributed by atoms with van der Waals surface area (Å²) in [6.45, 7) is 1.42. The van der Waals surface area contributed by atoms with Crippen molar-refractivity contribution in [1.82, 2.24) is 19.4 Å². The third-order valence-corrected chi connectivity index (χ3v) is 4.87. The van der Waals surface area contributed by atoms with Gasteiger partial charge in [-0.3, -0.25) is 5.10 Å². The molecule has 2 aromatic rings. The summed E-state index contributed by atoms with van der Waals surface area (Å²) >= 11 is 0. The first kappa shape index (κ1) is 15.7. The van der Waals surface area contributed by atoms with Gasteiger partial charge in [-0.15, -0.1) is 0 Å². The number of hydrogen-bond donors (Lipinski definition) is 1. The lowest BCUT2D eigenvalue weighted by atomic mass is 10.2. The number of aromatic amines is 1. The van der Waals surface area contributed by atoms with Gasteiger partial charge in [0.25, 0.3) is 10.0 Å². The fourth-order valence-corrected chi connectivity index (χ4v) is 3.23. The van der Waals surface area contributed by atoms with E-state index in [0.717, 1.165) is 5.56 Å². The highest BCUT2D eigenvalue weighted by molar-refractivity contribution is 7.89. The topological polar surface area (TPSA) is 69.3 Å². The average Bonchev–Trinajstić information content (AvgIpc) is 2.99. The van der Waals surface area contributed by atoms with Gasteiger partial charge in [-0.2, -0.15) is 9.40 Å². The number of likely N-dealkylation sites (N-methyl/N-ethyl adjacent to an activating group) is 1. The maximum absolute atomic E-state index is 12.6. The second-order valence-corrected chi connectivity index (χ2v) is 6.95. The highest BCUT2D eigenvalue weighted by Crippen LogP contribution is 2.16. The molecule has 21 heavy (non-hydrogen) atoms. The highest BCUT2D eigenvalue weighted by atomic mass is 32.2. The van der Waals surface area contributed by atoms with Crippen LogP contribution in [-0.4, -0.2) is 55.0 Å². The Morgan fingerprint density at radius 2 is 1.81 bits per heavy atom. The molecule has 0 saturated carbocycles. The molecule has 1 aromatic carbocycles. The molecule has 2 rings (SSSR count). The first-order valence-electron chi connectivity index (χ1n) is 6.68. The van der Waals surface area contributed by atoms with Gasteiger partial charge >= 0.3 is 0 Å². The fourth-order valence-electron chi connectivity index (χ4n) is 1.91. The average molecular weight is 308 g/mol. The standard InChI is InChI=1S/C14H20N4O2S/c1-17(2)10-11-18(12-13-6-4-3-5-7-13)21(19,20)14-8-9-15-16-14/h3-9H,10-12H2,1-2H3,(H,15,16). The SMILES string of the molecule is CN(C)CCN(Cc1ccccc1)S(=O)(=O)c1ccn[nH]1. The minimum atomic E-state index is -3.56. The Bertz CT molecular complexity index is 639. The molecule has 0 saturated heterocycles. The van der Waals surface area contributed by atoms with Crippen molar-refractivity contribution < 1.29 is 8.42 Å². The second-order valence-electron chi connectivity index (χ2n) is 5.05. The summed E-state index contributed by atoms with van der Waals surface area (Å²) < 4.78 is 26.8. The van der Waals surface area contributed by atoms with Crippen LogP contribution in [0.2, 0.25) is 0 Å². The molecule has 0 spiro atoms. The van der Waals surface area contributed by atoms with E-state index in [1.807, 2.05) is 49.3 Å². The van der Waals surface area contributed by atoms with Gasteiger partial charge in [-0.05, 0) is 25.7 Å². The van der Waals surface area contributed by atoms with Crippen LogP contribution in [0.3, 0.4) is 0 Å². The zero-order chi connectivity index (χ0) is 15.3. The first-order chi connectivity index (χ1) is 10.00. The molecule has 0 aliphatic rings. The van der Waals surface area contributed by atoms with Gasteiger partial charge in [-0.1, -0.05) is 30.3 Å². The largest absolute Gasteiger partial charge is 0.308 e. The number of benzene rings is 1. The number of nitrogens with one attached hydrogen (secondary N) is 1. The van der Waals surface area contributed by atoms with Crippen LogP contribution in [0.25, 0.3) is 0 Å². The Hall–Kier alpha value is -1.70. The fraction of sp³-hybridized carbons (Fsp3) is 0.357. The molecular formula is C14H20N4O2S. The predicted molar refractivity (Wildman–Crippen MR) is 81.2 cm³/mol. The number of nitrogens with zero attached hydrogens (tertiary/aromatic N) is 3. The molecule has 114 valence electrons. The third-order valence-electron chi connectivity index (χ3n) is 3.09. The van der Waals surface area contributed by atoms with Gasteiger partial charge in [0.2, 0.25) is 0 Å². The van der Waals surface area contributed by atoms with Crippen molar-refractivity contribution in [1.29, 1.82) is 0 Å². The van der Waals surface area contributed by atoms with Gasteiger partial charge in [0.15, 0.2) is 5.03 Å². The van der Waals surface area contributed by atoms with Gasteiger partial charge in [0.05, 0.1) is 6.20 Å². The van der Waals surface area contributed by atoms with Crippen molar-refractivity contribution >= 4 is 10.0 Å². The van der Waals surface area contributed by atoms with Gasteiger partial charge in [0.1, 0.15) is 0 Å². The molecule has 7 heteroatoms. The summed E-state index contributed by atoms with van der Waals surface area (Å²) in [7, 11) is 0.277. The molecule has 6 nitrogen and oxygen atoms in total. The summed E-state index contributed by atoms with van der Waals surface area (Å²) in [6.07, 6.45) is 1.44. The van der Waals surface area contributed by atoms with E-state index < -0.39 is 10.0 Å². The van der Waals surface area contributed by atoms with Crippen molar-refractivity contribution in [3.8, 4) is 0 Å². The molecule has 0 radical (unpaired) electrons. The second kappa shape index (κ2) is 6.84. The molecule has 1 N–H and O–H groups in total. The van der Waals surface area contributed by atoms with E-state index in [2.05, 4.69) is 10.2 Å². The maximum atomic E-state index is 12.6. The van der Waals surface area contributed by atoms with Gasteiger partial charge in [0, 0.05) is 19.6 Å². The molecule has 0 bridgehead atoms. The number of aromatic nitrogens is 2. The van der Waals surface area contributed by atoms with Crippen molar-refractivity contribution in [2.24, 2.45) is 0 Å². The van der Waals surface area contributed by atoms with E-state index in [4.69, 9.17) is 0 Å². The Kier molecular flexibility index (Phi) is 5.11. The van der Waals surface area contributed by atoms with Crippen molar-refractivity contribution in [2.45, 2.75) is 11.6 Å². The Morgan fingerprint density at radius 3 is 2.38 bits per heavy atom. The van der Waals surface area contributed by atoms with E-state index >= 15 is 0 Å². The quantitative estimate of drug-likeness (QED) is 0.833. The van der Waals surface area contributed by atoms with Crippen molar-refractivity contribution in [2.75, 3.05) is 27.2 Å². The molecule has 0 fully saturated rings. The monoisotopic (exact) mass is 308 g/mol. The van der Waals surface area contributed by atoms with Crippen LogP contribution in [0.5, 0.6) is 0 Å². The van der Waals surface area contributed by atoms with Gasteiger partial charge in [-0.25, -0.2) is 8.42 Å². The van der Waals surface area contributed by atoms with E-state index in [1.165, 1.54) is 16.6 Å². The third kappa shape index (κ3) is 4.13.